The number of nitrogens with one attached hydrogen (secondary N) is 1. The molecule has 2 heterocycles. The van der Waals surface area contributed by atoms with Gasteiger partial charge in [-0.05, 0) is 44.3 Å². The van der Waals surface area contributed by atoms with Crippen molar-refractivity contribution >= 4 is 29.0 Å². The molecular weight excluding hydrogens is 467 g/mol. The number of likely N-dealkylation sites (N-methyl/N-ethyl adjacent to an activating group) is 1. The number of anilines is 2. The van der Waals surface area contributed by atoms with Gasteiger partial charge in [0.25, 0.3) is 5.22 Å². The van der Waals surface area contributed by atoms with Gasteiger partial charge in [0, 0.05) is 31.7 Å². The summed E-state index contributed by atoms with van der Waals surface area (Å²) in [6.45, 7) is 4.85. The predicted octanol–water partition coefficient (Wildman–Crippen LogP) is 4.55. The molecule has 4 rings (SSSR count). The number of hydrogen-bond acceptors (Lipinski definition) is 7. The van der Waals surface area contributed by atoms with Gasteiger partial charge in [-0.1, -0.05) is 29.5 Å². The maximum Gasteiger partial charge on any atom is 0.416 e. The van der Waals surface area contributed by atoms with Crippen LogP contribution in [0.25, 0.3) is 11.5 Å². The lowest BCUT2D eigenvalue weighted by Gasteiger charge is -2.35. The molecule has 1 saturated heterocycles. The van der Waals surface area contributed by atoms with Crippen LogP contribution in [0.15, 0.2) is 52.1 Å². The van der Waals surface area contributed by atoms with Crippen LogP contribution in [0.5, 0.6) is 0 Å². The van der Waals surface area contributed by atoms with Crippen molar-refractivity contribution in [1.82, 2.24) is 15.1 Å². The molecule has 0 atom stereocenters. The summed E-state index contributed by atoms with van der Waals surface area (Å²) < 4.78 is 45.5. The fraction of sp³-hybridized carbons (Fsp3) is 0.348. The SMILES string of the molecule is Cc1ccc(-c2nnc(SCC(=O)Nc3cc(C(F)(F)F)ccc3N3CCN(C)CC3)o2)cc1. The normalized spacial score (nSPS) is 14.9. The zero-order chi connectivity index (χ0) is 24.3. The Balaban J connectivity index is 1.45. The van der Waals surface area contributed by atoms with Gasteiger partial charge in [-0.15, -0.1) is 10.2 Å². The molecule has 0 aliphatic carbocycles. The second kappa shape index (κ2) is 10.1. The van der Waals surface area contributed by atoms with Crippen molar-refractivity contribution in [3.63, 3.8) is 0 Å². The Morgan fingerprint density at radius 1 is 1.09 bits per heavy atom. The maximum absolute atomic E-state index is 13.3. The lowest BCUT2D eigenvalue weighted by atomic mass is 10.1. The Morgan fingerprint density at radius 3 is 2.47 bits per heavy atom. The lowest BCUT2D eigenvalue weighted by Crippen LogP contribution is -2.44. The molecule has 1 N–H and O–H groups in total. The number of alkyl halides is 3. The van der Waals surface area contributed by atoms with Crippen LogP contribution in [0, 0.1) is 6.92 Å². The molecule has 0 unspecified atom stereocenters. The highest BCUT2D eigenvalue weighted by atomic mass is 32.2. The van der Waals surface area contributed by atoms with Crippen molar-refractivity contribution in [1.29, 1.82) is 0 Å². The molecule has 3 aromatic rings. The average Bonchev–Trinajstić information content (AvgIpc) is 3.27. The molecule has 1 fully saturated rings. The largest absolute Gasteiger partial charge is 0.416 e. The third-order valence-corrected chi connectivity index (χ3v) is 6.29. The minimum Gasteiger partial charge on any atom is -0.411 e. The molecule has 0 spiro atoms. The lowest BCUT2D eigenvalue weighted by molar-refractivity contribution is -0.137. The van der Waals surface area contributed by atoms with Crippen LogP contribution in [0.1, 0.15) is 11.1 Å². The van der Waals surface area contributed by atoms with Gasteiger partial charge in [0.1, 0.15) is 0 Å². The molecule has 1 aliphatic rings. The van der Waals surface area contributed by atoms with E-state index in [0.29, 0.717) is 24.7 Å². The van der Waals surface area contributed by atoms with E-state index in [1.54, 1.807) is 0 Å². The molecule has 1 aromatic heterocycles. The number of benzene rings is 2. The smallest absolute Gasteiger partial charge is 0.411 e. The van der Waals surface area contributed by atoms with Gasteiger partial charge in [-0.3, -0.25) is 4.79 Å². The molecule has 1 amide bonds. The molecule has 2 aromatic carbocycles. The summed E-state index contributed by atoms with van der Waals surface area (Å²) in [7, 11) is 1.99. The summed E-state index contributed by atoms with van der Waals surface area (Å²) in [6.07, 6.45) is -4.51. The van der Waals surface area contributed by atoms with E-state index >= 15 is 0 Å². The Morgan fingerprint density at radius 2 is 1.79 bits per heavy atom. The molecule has 7 nitrogen and oxygen atoms in total. The standard InChI is InChI=1S/C23H24F3N5O2S/c1-15-3-5-16(6-4-15)21-28-29-22(33-21)34-14-20(32)27-18-13-17(23(24,25)26)7-8-19(18)31-11-9-30(2)10-12-31/h3-8,13H,9-12,14H2,1-2H3,(H,27,32). The van der Waals surface area contributed by atoms with E-state index in [-0.39, 0.29) is 16.7 Å². The minimum atomic E-state index is -4.51. The quantitative estimate of drug-likeness (QED) is 0.507. The third-order valence-electron chi connectivity index (χ3n) is 5.47. The molecule has 1 aliphatic heterocycles. The van der Waals surface area contributed by atoms with Crippen molar-refractivity contribution in [2.75, 3.05) is 49.2 Å². The zero-order valence-electron chi connectivity index (χ0n) is 18.7. The average molecular weight is 492 g/mol. The zero-order valence-corrected chi connectivity index (χ0v) is 19.5. The van der Waals surface area contributed by atoms with E-state index in [1.807, 2.05) is 43.1 Å². The predicted molar refractivity (Wildman–Crippen MR) is 125 cm³/mol. The number of nitrogens with zero attached hydrogens (tertiary/aromatic N) is 4. The number of carbonyl (C=O) groups excluding carboxylic acids is 1. The van der Waals surface area contributed by atoms with E-state index in [9.17, 15) is 18.0 Å². The van der Waals surface area contributed by atoms with E-state index in [0.717, 1.165) is 48.1 Å². The van der Waals surface area contributed by atoms with Crippen LogP contribution in [0.3, 0.4) is 0 Å². The van der Waals surface area contributed by atoms with Gasteiger partial charge in [-0.2, -0.15) is 13.2 Å². The summed E-state index contributed by atoms with van der Waals surface area (Å²) in [5, 5.41) is 10.8. The first kappa shape index (κ1) is 24.1. The molecule has 180 valence electrons. The monoisotopic (exact) mass is 491 g/mol. The Hall–Kier alpha value is -3.05. The Kier molecular flexibility index (Phi) is 7.13. The first-order valence-corrected chi connectivity index (χ1v) is 11.7. The van der Waals surface area contributed by atoms with Gasteiger partial charge in [0.05, 0.1) is 22.7 Å². The van der Waals surface area contributed by atoms with Gasteiger partial charge >= 0.3 is 6.18 Å². The van der Waals surface area contributed by atoms with E-state index in [2.05, 4.69) is 20.4 Å². The molecule has 11 heteroatoms. The Bertz CT molecular complexity index is 1140. The number of carbonyl (C=O) groups is 1. The number of amides is 1. The van der Waals surface area contributed by atoms with Gasteiger partial charge in [0.15, 0.2) is 0 Å². The van der Waals surface area contributed by atoms with Crippen molar-refractivity contribution < 1.29 is 22.4 Å². The van der Waals surface area contributed by atoms with Crippen molar-refractivity contribution in [3.05, 3.63) is 53.6 Å². The van der Waals surface area contributed by atoms with Gasteiger partial charge in [0.2, 0.25) is 11.8 Å². The third kappa shape index (κ3) is 5.89. The summed E-state index contributed by atoms with van der Waals surface area (Å²) in [6, 6.07) is 11.0. The van der Waals surface area contributed by atoms with Crippen LogP contribution in [0.4, 0.5) is 24.5 Å². The number of aryl methyl sites for hydroxylation is 1. The van der Waals surface area contributed by atoms with Crippen molar-refractivity contribution in [3.8, 4) is 11.5 Å². The second-order valence-electron chi connectivity index (χ2n) is 8.10. The number of aromatic nitrogens is 2. The fourth-order valence-electron chi connectivity index (χ4n) is 3.53. The Labute approximate surface area is 199 Å². The van der Waals surface area contributed by atoms with Crippen LogP contribution < -0.4 is 10.2 Å². The molecule has 0 bridgehead atoms. The molecule has 0 saturated carbocycles. The fourth-order valence-corrected chi connectivity index (χ4v) is 4.09. The highest BCUT2D eigenvalue weighted by Gasteiger charge is 2.32. The maximum atomic E-state index is 13.3. The number of thioether (sulfide) groups is 1. The summed E-state index contributed by atoms with van der Waals surface area (Å²) in [4.78, 5) is 16.7. The van der Waals surface area contributed by atoms with E-state index < -0.39 is 17.6 Å². The minimum absolute atomic E-state index is 0.0893. The molecular formula is C23H24F3N5O2S. The van der Waals surface area contributed by atoms with Crippen LogP contribution in [-0.4, -0.2) is 60.0 Å². The number of hydrogen-bond donors (Lipinski definition) is 1. The van der Waals surface area contributed by atoms with Crippen LogP contribution >= 0.6 is 11.8 Å². The first-order chi connectivity index (χ1) is 16.2. The summed E-state index contributed by atoms with van der Waals surface area (Å²) >= 11 is 1.02. The molecule has 0 radical (unpaired) electrons. The second-order valence-corrected chi connectivity index (χ2v) is 9.02. The van der Waals surface area contributed by atoms with Crippen molar-refractivity contribution in [2.24, 2.45) is 0 Å². The van der Waals surface area contributed by atoms with E-state index in [4.69, 9.17) is 4.42 Å². The van der Waals surface area contributed by atoms with Crippen LogP contribution in [-0.2, 0) is 11.0 Å². The number of piperazine rings is 1. The van der Waals surface area contributed by atoms with Gasteiger partial charge in [-0.25, -0.2) is 0 Å². The van der Waals surface area contributed by atoms with Gasteiger partial charge < -0.3 is 19.5 Å². The van der Waals surface area contributed by atoms with Crippen molar-refractivity contribution in [2.45, 2.75) is 18.3 Å². The topological polar surface area (TPSA) is 74.5 Å². The summed E-state index contributed by atoms with van der Waals surface area (Å²) in [5.74, 6) is -0.221. The highest BCUT2D eigenvalue weighted by molar-refractivity contribution is 7.99. The van der Waals surface area contributed by atoms with E-state index in [1.165, 1.54) is 6.07 Å². The highest BCUT2D eigenvalue weighted by Crippen LogP contribution is 2.36. The number of rotatable bonds is 6. The summed E-state index contributed by atoms with van der Waals surface area (Å²) in [5.41, 5.74) is 1.75. The molecule has 34 heavy (non-hydrogen) atoms. The van der Waals surface area contributed by atoms with Crippen LogP contribution in [0.2, 0.25) is 0 Å². The first-order valence-electron chi connectivity index (χ1n) is 10.7. The number of halogens is 3.